The van der Waals surface area contributed by atoms with Crippen LogP contribution in [-0.4, -0.2) is 32.7 Å². The summed E-state index contributed by atoms with van der Waals surface area (Å²) in [6, 6.07) is 8.86. The van der Waals surface area contributed by atoms with E-state index in [1.807, 2.05) is 18.2 Å². The van der Waals surface area contributed by atoms with E-state index in [0.717, 1.165) is 0 Å². The highest BCUT2D eigenvalue weighted by atomic mass is 16.5. The molecule has 0 saturated heterocycles. The third kappa shape index (κ3) is 1.93. The van der Waals surface area contributed by atoms with Crippen molar-refractivity contribution in [1.82, 2.24) is 19.6 Å². The third-order valence-electron chi connectivity index (χ3n) is 2.66. The Balaban J connectivity index is 2.19. The van der Waals surface area contributed by atoms with Crippen molar-refractivity contribution in [3.63, 3.8) is 0 Å². The van der Waals surface area contributed by atoms with Crippen LogP contribution in [0.4, 0.5) is 0 Å². The molecule has 0 N–H and O–H groups in total. The molecule has 0 bridgehead atoms. The molecular formula is C13H10N4O2. The van der Waals surface area contributed by atoms with E-state index >= 15 is 0 Å². The molecule has 6 heteroatoms. The Labute approximate surface area is 108 Å². The van der Waals surface area contributed by atoms with Crippen molar-refractivity contribution in [2.24, 2.45) is 0 Å². The number of hydrogen-bond acceptors (Lipinski definition) is 5. The highest BCUT2D eigenvalue weighted by Gasteiger charge is 2.15. The molecule has 0 atom stereocenters. The highest BCUT2D eigenvalue weighted by Crippen LogP contribution is 2.16. The summed E-state index contributed by atoms with van der Waals surface area (Å²) in [7, 11) is 1.34. The number of carbonyl (C=O) groups excluding carboxylic acids is 1. The van der Waals surface area contributed by atoms with Crippen molar-refractivity contribution in [2.45, 2.75) is 0 Å². The average Bonchev–Trinajstić information content (AvgIpc) is 2.91. The molecule has 19 heavy (non-hydrogen) atoms. The Kier molecular flexibility index (Phi) is 2.68. The lowest BCUT2D eigenvalue weighted by Gasteiger charge is -1.98. The molecular weight excluding hydrogens is 244 g/mol. The lowest BCUT2D eigenvalue weighted by Crippen LogP contribution is -2.04. The molecule has 0 saturated carbocycles. The zero-order valence-corrected chi connectivity index (χ0v) is 10.1. The number of pyridine rings is 2. The summed E-state index contributed by atoms with van der Waals surface area (Å²) in [6.45, 7) is 0. The van der Waals surface area contributed by atoms with Crippen molar-refractivity contribution in [1.29, 1.82) is 0 Å². The quantitative estimate of drug-likeness (QED) is 0.649. The van der Waals surface area contributed by atoms with E-state index in [0.29, 0.717) is 22.7 Å². The lowest BCUT2D eigenvalue weighted by atomic mass is 10.3. The number of rotatable bonds is 2. The summed E-state index contributed by atoms with van der Waals surface area (Å²) in [4.78, 5) is 20.2. The molecule has 0 fully saturated rings. The van der Waals surface area contributed by atoms with Gasteiger partial charge in [0.2, 0.25) is 5.82 Å². The van der Waals surface area contributed by atoms with Crippen LogP contribution in [0.25, 0.3) is 17.2 Å². The second-order valence-electron chi connectivity index (χ2n) is 3.83. The second-order valence-corrected chi connectivity index (χ2v) is 3.83. The smallest absolute Gasteiger partial charge is 0.341 e. The van der Waals surface area contributed by atoms with E-state index in [9.17, 15) is 4.79 Å². The molecule has 0 spiro atoms. The predicted molar refractivity (Wildman–Crippen MR) is 67.6 cm³/mol. The molecule has 0 radical (unpaired) electrons. The maximum Gasteiger partial charge on any atom is 0.341 e. The van der Waals surface area contributed by atoms with Gasteiger partial charge in [-0.05, 0) is 24.3 Å². The van der Waals surface area contributed by atoms with Crippen LogP contribution < -0.4 is 0 Å². The van der Waals surface area contributed by atoms with Crippen LogP contribution in [0.1, 0.15) is 10.4 Å². The number of ether oxygens (including phenoxy) is 1. The molecule has 3 rings (SSSR count). The van der Waals surface area contributed by atoms with Gasteiger partial charge in [-0.1, -0.05) is 6.07 Å². The van der Waals surface area contributed by atoms with E-state index in [2.05, 4.69) is 15.1 Å². The third-order valence-corrected chi connectivity index (χ3v) is 2.66. The molecule has 3 heterocycles. The molecule has 0 aromatic carbocycles. The van der Waals surface area contributed by atoms with Gasteiger partial charge >= 0.3 is 5.97 Å². The van der Waals surface area contributed by atoms with Gasteiger partial charge in [0.25, 0.3) is 0 Å². The van der Waals surface area contributed by atoms with E-state index < -0.39 is 5.97 Å². The van der Waals surface area contributed by atoms with Gasteiger partial charge < -0.3 is 4.74 Å². The Hall–Kier alpha value is -2.76. The van der Waals surface area contributed by atoms with E-state index in [4.69, 9.17) is 4.74 Å². The van der Waals surface area contributed by atoms with Gasteiger partial charge in [-0.3, -0.25) is 4.98 Å². The zero-order valence-electron chi connectivity index (χ0n) is 10.1. The minimum Gasteiger partial charge on any atom is -0.465 e. The summed E-state index contributed by atoms with van der Waals surface area (Å²) in [5.74, 6) is 0.0301. The SMILES string of the molecule is COC(=O)c1cccn2nc(-c3ccccn3)nc12. The van der Waals surface area contributed by atoms with Crippen LogP contribution in [0.3, 0.4) is 0 Å². The van der Waals surface area contributed by atoms with Crippen molar-refractivity contribution < 1.29 is 9.53 Å². The first-order valence-electron chi connectivity index (χ1n) is 5.64. The van der Waals surface area contributed by atoms with Gasteiger partial charge in [0.1, 0.15) is 11.3 Å². The maximum absolute atomic E-state index is 11.7. The minimum absolute atomic E-state index is 0.375. The molecule has 0 amide bonds. The molecule has 0 aliphatic carbocycles. The van der Waals surface area contributed by atoms with Gasteiger partial charge in [-0.25, -0.2) is 14.3 Å². The number of aromatic nitrogens is 4. The number of fused-ring (bicyclic) bond motifs is 1. The van der Waals surface area contributed by atoms with Crippen LogP contribution in [0.15, 0.2) is 42.7 Å². The van der Waals surface area contributed by atoms with Gasteiger partial charge in [0, 0.05) is 12.4 Å². The number of hydrogen-bond donors (Lipinski definition) is 0. The Morgan fingerprint density at radius 3 is 2.89 bits per heavy atom. The van der Waals surface area contributed by atoms with Crippen molar-refractivity contribution in [2.75, 3.05) is 7.11 Å². The maximum atomic E-state index is 11.7. The standard InChI is InChI=1S/C13H10N4O2/c1-19-13(18)9-5-4-8-17-12(9)15-11(16-17)10-6-2-3-7-14-10/h2-8H,1H3. The topological polar surface area (TPSA) is 69.4 Å². The zero-order chi connectivity index (χ0) is 13.2. The van der Waals surface area contributed by atoms with E-state index in [1.54, 1.807) is 24.5 Å². The first-order chi connectivity index (χ1) is 9.29. The average molecular weight is 254 g/mol. The fourth-order valence-corrected chi connectivity index (χ4v) is 1.78. The first-order valence-corrected chi connectivity index (χ1v) is 5.64. The number of methoxy groups -OCH3 is 1. The normalized spacial score (nSPS) is 10.6. The Morgan fingerprint density at radius 1 is 1.26 bits per heavy atom. The largest absolute Gasteiger partial charge is 0.465 e. The van der Waals surface area contributed by atoms with Crippen LogP contribution in [-0.2, 0) is 4.74 Å². The monoisotopic (exact) mass is 254 g/mol. The Bertz CT molecular complexity index is 737. The summed E-state index contributed by atoms with van der Waals surface area (Å²) in [6.07, 6.45) is 3.39. The van der Waals surface area contributed by atoms with Gasteiger partial charge in [0.05, 0.1) is 7.11 Å². The number of nitrogens with zero attached hydrogens (tertiary/aromatic N) is 4. The van der Waals surface area contributed by atoms with Crippen molar-refractivity contribution >= 4 is 11.6 Å². The lowest BCUT2D eigenvalue weighted by molar-refractivity contribution is 0.0602. The van der Waals surface area contributed by atoms with Crippen molar-refractivity contribution in [3.05, 3.63) is 48.3 Å². The summed E-state index contributed by atoms with van der Waals surface area (Å²) >= 11 is 0. The highest BCUT2D eigenvalue weighted by molar-refractivity contribution is 5.95. The summed E-state index contributed by atoms with van der Waals surface area (Å²) in [5, 5.41) is 4.30. The second kappa shape index (κ2) is 4.49. The van der Waals surface area contributed by atoms with E-state index in [-0.39, 0.29) is 0 Å². The fourth-order valence-electron chi connectivity index (χ4n) is 1.78. The van der Waals surface area contributed by atoms with Gasteiger partial charge in [-0.2, -0.15) is 0 Å². The van der Waals surface area contributed by atoms with Crippen molar-refractivity contribution in [3.8, 4) is 11.5 Å². The fraction of sp³-hybridized carbons (Fsp3) is 0.0769. The number of carbonyl (C=O) groups is 1. The predicted octanol–water partition coefficient (Wildman–Crippen LogP) is 1.58. The molecule has 3 aromatic rings. The first kappa shape index (κ1) is 11.3. The molecule has 0 unspecified atom stereocenters. The van der Waals surface area contributed by atoms with Gasteiger partial charge in [-0.15, -0.1) is 5.10 Å². The number of esters is 1. The minimum atomic E-state index is -0.439. The molecule has 3 aromatic heterocycles. The van der Waals surface area contributed by atoms with Gasteiger partial charge in [0.15, 0.2) is 5.65 Å². The summed E-state index contributed by atoms with van der Waals surface area (Å²) in [5.41, 5.74) is 1.48. The van der Waals surface area contributed by atoms with Crippen LogP contribution in [0.2, 0.25) is 0 Å². The molecule has 94 valence electrons. The Morgan fingerprint density at radius 2 is 2.16 bits per heavy atom. The summed E-state index contributed by atoms with van der Waals surface area (Å²) < 4.78 is 6.26. The molecule has 0 aliphatic heterocycles. The van der Waals surface area contributed by atoms with E-state index in [1.165, 1.54) is 11.6 Å². The molecule has 6 nitrogen and oxygen atoms in total. The molecule has 0 aliphatic rings. The van der Waals surface area contributed by atoms with Crippen LogP contribution >= 0.6 is 0 Å². The van der Waals surface area contributed by atoms with Crippen LogP contribution in [0, 0.1) is 0 Å². The van der Waals surface area contributed by atoms with Crippen LogP contribution in [0.5, 0.6) is 0 Å².